The molecule has 0 N–H and O–H groups in total. The fraction of sp³-hybridized carbons (Fsp3) is 0.731. The zero-order valence-corrected chi connectivity index (χ0v) is 19.4. The lowest BCUT2D eigenvalue weighted by Crippen LogP contribution is -2.56. The van der Waals surface area contributed by atoms with Crippen molar-refractivity contribution in [2.75, 3.05) is 6.61 Å². The summed E-state index contributed by atoms with van der Waals surface area (Å²) in [5.41, 5.74) is 0.523. The first-order valence-electron chi connectivity index (χ1n) is 12.2. The van der Waals surface area contributed by atoms with E-state index in [4.69, 9.17) is 14.2 Å². The van der Waals surface area contributed by atoms with Crippen LogP contribution in [0.1, 0.15) is 78.1 Å². The van der Waals surface area contributed by atoms with Crippen LogP contribution in [0.15, 0.2) is 23.8 Å². The van der Waals surface area contributed by atoms with Crippen molar-refractivity contribution in [1.29, 1.82) is 0 Å². The van der Waals surface area contributed by atoms with Gasteiger partial charge in [0.2, 0.25) is 0 Å². The molecule has 2 atom stereocenters. The van der Waals surface area contributed by atoms with Gasteiger partial charge in [0.15, 0.2) is 6.61 Å². The quantitative estimate of drug-likeness (QED) is 0.323. The first-order chi connectivity index (χ1) is 15.2. The summed E-state index contributed by atoms with van der Waals surface area (Å²) in [5, 5.41) is 0. The van der Waals surface area contributed by atoms with E-state index in [9.17, 15) is 14.4 Å². The summed E-state index contributed by atoms with van der Waals surface area (Å²) in [5.74, 6) is 0.463. The van der Waals surface area contributed by atoms with Crippen LogP contribution in [0.3, 0.4) is 0 Å². The maximum atomic E-state index is 12.7. The van der Waals surface area contributed by atoms with Crippen LogP contribution in [0, 0.1) is 23.7 Å². The van der Waals surface area contributed by atoms with Crippen molar-refractivity contribution in [3.05, 3.63) is 23.8 Å². The minimum Gasteiger partial charge on any atom is -0.459 e. The molecule has 0 aliphatic heterocycles. The van der Waals surface area contributed by atoms with Crippen molar-refractivity contribution in [2.24, 2.45) is 23.7 Å². The van der Waals surface area contributed by atoms with Crippen molar-refractivity contribution in [1.82, 2.24) is 0 Å². The molecule has 6 nitrogen and oxygen atoms in total. The van der Waals surface area contributed by atoms with Crippen LogP contribution in [-0.4, -0.2) is 36.2 Å². The maximum absolute atomic E-state index is 12.7. The van der Waals surface area contributed by atoms with Gasteiger partial charge >= 0.3 is 17.9 Å². The van der Waals surface area contributed by atoms with Crippen molar-refractivity contribution < 1.29 is 28.6 Å². The molecule has 0 aromatic rings. The third-order valence-corrected chi connectivity index (χ3v) is 7.88. The van der Waals surface area contributed by atoms with E-state index in [-0.39, 0.29) is 24.3 Å². The maximum Gasteiger partial charge on any atom is 0.344 e. The van der Waals surface area contributed by atoms with E-state index in [0.717, 1.165) is 57.8 Å². The number of carbonyl (C=O) groups is 3. The fourth-order valence-electron chi connectivity index (χ4n) is 6.69. The van der Waals surface area contributed by atoms with Crippen molar-refractivity contribution in [3.8, 4) is 0 Å². The average molecular weight is 445 g/mol. The zero-order valence-electron chi connectivity index (χ0n) is 19.4. The Kier molecular flexibility index (Phi) is 6.78. The molecular formula is C26H36O6. The van der Waals surface area contributed by atoms with Gasteiger partial charge in [-0.25, -0.2) is 14.4 Å². The summed E-state index contributed by atoms with van der Waals surface area (Å²) in [7, 11) is 0. The first kappa shape index (κ1) is 23.1. The van der Waals surface area contributed by atoms with Gasteiger partial charge in [-0.1, -0.05) is 19.1 Å². The first-order valence-corrected chi connectivity index (χ1v) is 12.2. The molecule has 6 heteroatoms. The number of rotatable bonds is 7. The smallest absolute Gasteiger partial charge is 0.344 e. The lowest BCUT2D eigenvalue weighted by atomic mass is 9.50. The number of hydrogen-bond acceptors (Lipinski definition) is 6. The standard InChI is InChI=1S/C26H36O6/c1-16(2)24(28)30-15-23(27)32-26-12-18-10-19(13-26)22(20(11-18)14-26)9-17(3)25(29)31-21-7-5-4-6-8-21/h9,18-22H,1,4-8,10-15H2,2-3H3/b17-9+. The number of ether oxygens (including phenoxy) is 3. The second-order valence-electron chi connectivity index (χ2n) is 10.6. The van der Waals surface area contributed by atoms with E-state index in [1.165, 1.54) is 6.42 Å². The van der Waals surface area contributed by atoms with Gasteiger partial charge < -0.3 is 14.2 Å². The van der Waals surface area contributed by atoms with Gasteiger partial charge in [0.25, 0.3) is 0 Å². The third-order valence-electron chi connectivity index (χ3n) is 7.88. The number of hydrogen-bond donors (Lipinski definition) is 0. The molecule has 2 unspecified atom stereocenters. The Bertz CT molecular complexity index is 789. The Morgan fingerprint density at radius 3 is 2.25 bits per heavy atom. The van der Waals surface area contributed by atoms with Gasteiger partial charge in [-0.15, -0.1) is 0 Å². The van der Waals surface area contributed by atoms with Crippen LogP contribution in [-0.2, 0) is 28.6 Å². The number of allylic oxidation sites excluding steroid dienone is 1. The average Bonchev–Trinajstić information content (AvgIpc) is 2.74. The molecule has 176 valence electrons. The lowest BCUT2D eigenvalue weighted by Gasteiger charge is -2.58. The van der Waals surface area contributed by atoms with Gasteiger partial charge in [-0.3, -0.25) is 0 Å². The van der Waals surface area contributed by atoms with E-state index < -0.39 is 17.5 Å². The van der Waals surface area contributed by atoms with Gasteiger partial charge in [0.1, 0.15) is 11.7 Å². The normalized spacial score (nSPS) is 34.1. The summed E-state index contributed by atoms with van der Waals surface area (Å²) in [4.78, 5) is 36.6. The highest BCUT2D eigenvalue weighted by atomic mass is 16.6. The van der Waals surface area contributed by atoms with E-state index in [1.54, 1.807) is 6.92 Å². The van der Waals surface area contributed by atoms with Gasteiger partial charge in [0.05, 0.1) is 0 Å². The van der Waals surface area contributed by atoms with Crippen molar-refractivity contribution >= 4 is 17.9 Å². The Morgan fingerprint density at radius 2 is 1.62 bits per heavy atom. The predicted octanol–water partition coefficient (Wildman–Crippen LogP) is 4.67. The summed E-state index contributed by atoms with van der Waals surface area (Å²) >= 11 is 0. The molecule has 0 spiro atoms. The predicted molar refractivity (Wildman–Crippen MR) is 118 cm³/mol. The molecule has 32 heavy (non-hydrogen) atoms. The van der Waals surface area contributed by atoms with Crippen LogP contribution >= 0.6 is 0 Å². The van der Waals surface area contributed by atoms with Crippen molar-refractivity contribution in [3.63, 3.8) is 0 Å². The minimum atomic E-state index is -0.576. The van der Waals surface area contributed by atoms with Crippen molar-refractivity contribution in [2.45, 2.75) is 89.8 Å². The van der Waals surface area contributed by atoms with Crippen LogP contribution in [0.4, 0.5) is 0 Å². The monoisotopic (exact) mass is 444 g/mol. The van der Waals surface area contributed by atoms with E-state index in [0.29, 0.717) is 29.2 Å². The largest absolute Gasteiger partial charge is 0.459 e. The molecule has 0 aromatic heterocycles. The van der Waals surface area contributed by atoms with Gasteiger partial charge in [-0.2, -0.15) is 0 Å². The van der Waals surface area contributed by atoms with Crippen LogP contribution < -0.4 is 0 Å². The molecule has 5 rings (SSSR count). The highest BCUT2D eigenvalue weighted by Crippen LogP contribution is 2.60. The second kappa shape index (κ2) is 9.40. The Labute approximate surface area is 190 Å². The molecule has 0 heterocycles. The van der Waals surface area contributed by atoms with Gasteiger partial charge in [0, 0.05) is 11.1 Å². The summed E-state index contributed by atoms with van der Waals surface area (Å²) in [6.07, 6.45) is 12.4. The van der Waals surface area contributed by atoms with E-state index in [2.05, 4.69) is 12.7 Å². The molecule has 0 radical (unpaired) electrons. The molecule has 0 amide bonds. The molecule has 5 aliphatic rings. The number of esters is 3. The third kappa shape index (κ3) is 5.10. The number of carbonyl (C=O) groups excluding carboxylic acids is 3. The molecule has 4 bridgehead atoms. The second-order valence-corrected chi connectivity index (χ2v) is 10.6. The molecular weight excluding hydrogens is 408 g/mol. The molecule has 5 aliphatic carbocycles. The van der Waals surface area contributed by atoms with Crippen LogP contribution in [0.2, 0.25) is 0 Å². The highest BCUT2D eigenvalue weighted by molar-refractivity contribution is 5.88. The van der Waals surface area contributed by atoms with E-state index in [1.807, 2.05) is 6.92 Å². The molecule has 0 aromatic carbocycles. The Morgan fingerprint density at radius 1 is 0.969 bits per heavy atom. The SMILES string of the molecule is C=C(C)C(=O)OCC(=O)OC12CC3CC(C1)C(/C=C(\C)C(=O)OC1CCCCC1)C(C3)C2. The molecule has 5 saturated carbocycles. The summed E-state index contributed by atoms with van der Waals surface area (Å²) < 4.78 is 16.6. The van der Waals surface area contributed by atoms with Crippen LogP contribution in [0.25, 0.3) is 0 Å². The minimum absolute atomic E-state index is 0.0692. The Hall–Kier alpha value is -2.11. The summed E-state index contributed by atoms with van der Waals surface area (Å²) in [6, 6.07) is 0. The molecule has 0 saturated heterocycles. The lowest BCUT2D eigenvalue weighted by molar-refractivity contribution is -0.197. The topological polar surface area (TPSA) is 78.9 Å². The van der Waals surface area contributed by atoms with E-state index >= 15 is 0 Å². The fourth-order valence-corrected chi connectivity index (χ4v) is 6.69. The van der Waals surface area contributed by atoms with Gasteiger partial charge in [-0.05, 0) is 95.3 Å². The highest BCUT2D eigenvalue weighted by Gasteiger charge is 2.56. The Balaban J connectivity index is 1.36. The summed E-state index contributed by atoms with van der Waals surface area (Å²) in [6.45, 7) is 6.58. The molecule has 5 fully saturated rings. The zero-order chi connectivity index (χ0) is 22.9. The van der Waals surface area contributed by atoms with Crippen LogP contribution in [0.5, 0.6) is 0 Å².